The quantitative estimate of drug-likeness (QED) is 0.607. The Labute approximate surface area is 188 Å². The predicted molar refractivity (Wildman–Crippen MR) is 126 cm³/mol. The van der Waals surface area contributed by atoms with Crippen LogP contribution in [-0.4, -0.2) is 46.2 Å². The van der Waals surface area contributed by atoms with Crippen LogP contribution >= 0.6 is 0 Å². The molecular formula is C27H27N3O2. The van der Waals surface area contributed by atoms with Crippen molar-refractivity contribution in [2.75, 3.05) is 19.6 Å². The van der Waals surface area contributed by atoms with Gasteiger partial charge < -0.3 is 9.80 Å². The molecular weight excluding hydrogens is 398 g/mol. The van der Waals surface area contributed by atoms with Gasteiger partial charge in [0.2, 0.25) is 5.91 Å². The lowest BCUT2D eigenvalue weighted by atomic mass is 10.1. The number of likely N-dealkylation sites (tertiary alicyclic amines) is 1. The molecule has 0 bridgehead atoms. The van der Waals surface area contributed by atoms with Gasteiger partial charge in [-0.25, -0.2) is 4.98 Å². The summed E-state index contributed by atoms with van der Waals surface area (Å²) in [5, 5.41) is 1.07. The highest BCUT2D eigenvalue weighted by Gasteiger charge is 2.28. The van der Waals surface area contributed by atoms with E-state index in [1.165, 1.54) is 6.42 Å². The number of nitrogens with zero attached hydrogens (tertiary/aromatic N) is 3. The second kappa shape index (κ2) is 8.95. The lowest BCUT2D eigenvalue weighted by Gasteiger charge is -2.26. The average molecular weight is 426 g/mol. The summed E-state index contributed by atoms with van der Waals surface area (Å²) in [6.07, 6.45) is 7.96. The van der Waals surface area contributed by atoms with Crippen molar-refractivity contribution in [1.29, 1.82) is 0 Å². The minimum atomic E-state index is -0.0121. The highest BCUT2D eigenvalue weighted by Crippen LogP contribution is 2.25. The third-order valence-electron chi connectivity index (χ3n) is 6.33. The van der Waals surface area contributed by atoms with Crippen molar-refractivity contribution in [3.05, 3.63) is 83.1 Å². The van der Waals surface area contributed by atoms with E-state index in [-0.39, 0.29) is 11.8 Å². The summed E-state index contributed by atoms with van der Waals surface area (Å²) in [4.78, 5) is 33.6. The van der Waals surface area contributed by atoms with E-state index in [0.29, 0.717) is 25.2 Å². The highest BCUT2D eigenvalue weighted by atomic mass is 16.2. The van der Waals surface area contributed by atoms with Crippen molar-refractivity contribution in [2.24, 2.45) is 0 Å². The van der Waals surface area contributed by atoms with Crippen molar-refractivity contribution >= 4 is 28.8 Å². The van der Waals surface area contributed by atoms with Gasteiger partial charge in [-0.3, -0.25) is 9.59 Å². The summed E-state index contributed by atoms with van der Waals surface area (Å²) in [6.45, 7) is 2.92. The number of pyridine rings is 1. The van der Waals surface area contributed by atoms with Gasteiger partial charge in [-0.2, -0.15) is 0 Å². The van der Waals surface area contributed by atoms with Crippen molar-refractivity contribution in [3.63, 3.8) is 0 Å². The van der Waals surface area contributed by atoms with E-state index in [2.05, 4.69) is 11.1 Å². The van der Waals surface area contributed by atoms with Crippen molar-refractivity contribution in [2.45, 2.75) is 32.2 Å². The Hall–Kier alpha value is -3.47. The molecule has 0 radical (unpaired) electrons. The molecule has 0 N–H and O–H groups in total. The lowest BCUT2D eigenvalue weighted by molar-refractivity contribution is -0.131. The van der Waals surface area contributed by atoms with Gasteiger partial charge in [0.25, 0.3) is 5.91 Å². The second-order valence-corrected chi connectivity index (χ2v) is 8.64. The fourth-order valence-corrected chi connectivity index (χ4v) is 4.53. The number of fused-ring (bicyclic) bond motifs is 2. The Bertz CT molecular complexity index is 1180. The van der Waals surface area contributed by atoms with Crippen LogP contribution in [0.5, 0.6) is 0 Å². The summed E-state index contributed by atoms with van der Waals surface area (Å²) in [5.74, 6) is 0.211. The number of aromatic nitrogens is 1. The SMILES string of the molecule is O=C(Cc1ccc(/C=C/CN2Cc3cc4ccccc4nc3C2=O)cc1)N1CCCCC1. The molecule has 1 fully saturated rings. The maximum absolute atomic E-state index is 12.8. The molecule has 2 aliphatic rings. The lowest BCUT2D eigenvalue weighted by Crippen LogP contribution is -2.36. The number of rotatable bonds is 5. The van der Waals surface area contributed by atoms with E-state index in [1.807, 2.05) is 70.5 Å². The monoisotopic (exact) mass is 425 g/mol. The summed E-state index contributed by atoms with van der Waals surface area (Å²) in [7, 11) is 0. The van der Waals surface area contributed by atoms with E-state index in [1.54, 1.807) is 0 Å². The van der Waals surface area contributed by atoms with Crippen molar-refractivity contribution in [3.8, 4) is 0 Å². The third kappa shape index (κ3) is 4.28. The van der Waals surface area contributed by atoms with Crippen LogP contribution in [0.25, 0.3) is 17.0 Å². The van der Waals surface area contributed by atoms with Crippen LogP contribution in [0.15, 0.2) is 60.7 Å². The number of hydrogen-bond acceptors (Lipinski definition) is 3. The number of carbonyl (C=O) groups is 2. The maximum atomic E-state index is 12.8. The zero-order chi connectivity index (χ0) is 21.9. The van der Waals surface area contributed by atoms with Gasteiger partial charge in [-0.05, 0) is 42.5 Å². The molecule has 0 saturated carbocycles. The van der Waals surface area contributed by atoms with Gasteiger partial charge in [-0.15, -0.1) is 0 Å². The molecule has 5 heteroatoms. The van der Waals surface area contributed by atoms with E-state index in [0.717, 1.165) is 53.5 Å². The molecule has 0 atom stereocenters. The fraction of sp³-hybridized carbons (Fsp3) is 0.296. The van der Waals surface area contributed by atoms with Crippen LogP contribution in [0.4, 0.5) is 0 Å². The van der Waals surface area contributed by atoms with E-state index in [4.69, 9.17) is 0 Å². The maximum Gasteiger partial charge on any atom is 0.273 e. The molecule has 5 nitrogen and oxygen atoms in total. The number of amides is 2. The molecule has 0 unspecified atom stereocenters. The largest absolute Gasteiger partial charge is 0.342 e. The average Bonchev–Trinajstić information content (AvgIpc) is 3.13. The molecule has 5 rings (SSSR count). The molecule has 3 aromatic rings. The first kappa shape index (κ1) is 20.4. The number of piperidine rings is 1. The van der Waals surface area contributed by atoms with Crippen LogP contribution in [0.2, 0.25) is 0 Å². The van der Waals surface area contributed by atoms with E-state index in [9.17, 15) is 9.59 Å². The van der Waals surface area contributed by atoms with Crippen LogP contribution in [0, 0.1) is 0 Å². The first-order valence-electron chi connectivity index (χ1n) is 11.4. The molecule has 32 heavy (non-hydrogen) atoms. The van der Waals surface area contributed by atoms with Gasteiger partial charge in [-0.1, -0.05) is 54.6 Å². The first-order valence-corrected chi connectivity index (χ1v) is 11.4. The number of benzene rings is 2. The summed E-state index contributed by atoms with van der Waals surface area (Å²) < 4.78 is 0. The molecule has 0 aliphatic carbocycles. The third-order valence-corrected chi connectivity index (χ3v) is 6.33. The Kier molecular flexibility index (Phi) is 5.71. The Morgan fingerprint density at radius 3 is 2.59 bits per heavy atom. The highest BCUT2D eigenvalue weighted by molar-refractivity contribution is 5.99. The molecule has 2 aliphatic heterocycles. The zero-order valence-corrected chi connectivity index (χ0v) is 18.2. The van der Waals surface area contributed by atoms with Crippen molar-refractivity contribution < 1.29 is 9.59 Å². The predicted octanol–water partition coefficient (Wildman–Crippen LogP) is 4.46. The number of carbonyl (C=O) groups excluding carboxylic acids is 2. The first-order chi connectivity index (χ1) is 15.7. The Balaban J connectivity index is 1.18. The summed E-state index contributed by atoms with van der Waals surface area (Å²) in [5.41, 5.74) is 4.52. The van der Waals surface area contributed by atoms with Crippen LogP contribution in [0.3, 0.4) is 0 Å². The topological polar surface area (TPSA) is 53.5 Å². The normalized spacial score (nSPS) is 16.2. The standard InChI is InChI=1S/C27H27N3O2/c31-25(29-14-4-1-5-15-29)17-21-12-10-20(11-13-21)7-6-16-30-19-23-18-22-8-2-3-9-24(22)28-26(23)27(30)32/h2-3,6-13,18H,1,4-5,14-17,19H2/b7-6+. The van der Waals surface area contributed by atoms with Crippen LogP contribution in [-0.2, 0) is 17.8 Å². The minimum absolute atomic E-state index is 0.0121. The van der Waals surface area contributed by atoms with Crippen LogP contribution in [0.1, 0.15) is 46.4 Å². The van der Waals surface area contributed by atoms with Crippen molar-refractivity contribution in [1.82, 2.24) is 14.8 Å². The molecule has 1 saturated heterocycles. The second-order valence-electron chi connectivity index (χ2n) is 8.64. The molecule has 2 amide bonds. The van der Waals surface area contributed by atoms with Gasteiger partial charge in [0.15, 0.2) is 0 Å². The van der Waals surface area contributed by atoms with Gasteiger partial charge in [0, 0.05) is 37.1 Å². The minimum Gasteiger partial charge on any atom is -0.342 e. The Morgan fingerprint density at radius 2 is 1.78 bits per heavy atom. The Morgan fingerprint density at radius 1 is 1.00 bits per heavy atom. The molecule has 2 aromatic carbocycles. The number of hydrogen-bond donors (Lipinski definition) is 0. The summed E-state index contributed by atoms with van der Waals surface area (Å²) >= 11 is 0. The van der Waals surface area contributed by atoms with E-state index < -0.39 is 0 Å². The number of para-hydroxylation sites is 1. The smallest absolute Gasteiger partial charge is 0.273 e. The van der Waals surface area contributed by atoms with Gasteiger partial charge in [0.1, 0.15) is 5.69 Å². The van der Waals surface area contributed by atoms with Crippen LogP contribution < -0.4 is 0 Å². The fourth-order valence-electron chi connectivity index (χ4n) is 4.53. The van der Waals surface area contributed by atoms with Gasteiger partial charge in [0.05, 0.1) is 11.9 Å². The zero-order valence-electron chi connectivity index (χ0n) is 18.2. The van der Waals surface area contributed by atoms with E-state index >= 15 is 0 Å². The molecule has 1 aromatic heterocycles. The molecule has 0 spiro atoms. The summed E-state index contributed by atoms with van der Waals surface area (Å²) in [6, 6.07) is 18.1. The molecule has 3 heterocycles. The molecule has 162 valence electrons. The van der Waals surface area contributed by atoms with Gasteiger partial charge >= 0.3 is 0 Å².